The molecule has 10 heteroatoms. The predicted molar refractivity (Wildman–Crippen MR) is 75.5 cm³/mol. The third-order valence-electron chi connectivity index (χ3n) is 3.84. The molecule has 0 fully saturated rings. The van der Waals surface area contributed by atoms with Crippen molar-refractivity contribution in [1.29, 1.82) is 0 Å². The topological polar surface area (TPSA) is 37.3 Å². The number of aliphatic hydroxyl groups excluding tert-OH is 1. The Kier molecular flexibility index (Phi) is 13.6. The van der Waals surface area contributed by atoms with Crippen LogP contribution in [-0.4, -0.2) is 31.3 Å². The van der Waals surface area contributed by atoms with Gasteiger partial charge < -0.3 is 5.11 Å². The van der Waals surface area contributed by atoms with E-state index in [4.69, 9.17) is 5.11 Å². The Morgan fingerprint density at radius 3 is 1.30 bits per heavy atom. The number of halogens is 6. The zero-order chi connectivity index (χ0) is 18.2. The summed E-state index contributed by atoms with van der Waals surface area (Å²) in [6.07, 6.45) is -11.7. The first-order valence-electron chi connectivity index (χ1n) is 6.88. The number of rotatable bonds is 5. The fourth-order valence-electron chi connectivity index (χ4n) is 1.79. The Morgan fingerprint density at radius 2 is 1.17 bits per heavy atom. The maximum atomic E-state index is 11.4. The van der Waals surface area contributed by atoms with Crippen molar-refractivity contribution in [2.45, 2.75) is 64.2 Å². The molecule has 1 N–H and O–H groups in total. The Hall–Kier alpha value is -0.253. The van der Waals surface area contributed by atoms with Gasteiger partial charge in [-0.1, -0.05) is 51.9 Å². The third-order valence-corrected chi connectivity index (χ3v) is 9.84. The van der Waals surface area contributed by atoms with Crippen molar-refractivity contribution in [2.24, 2.45) is 0 Å². The second-order valence-electron chi connectivity index (χ2n) is 4.80. The molecule has 0 unspecified atom stereocenters. The first kappa shape index (κ1) is 27.6. The van der Waals surface area contributed by atoms with Crippen LogP contribution in [0.1, 0.15) is 27.7 Å². The van der Waals surface area contributed by atoms with Crippen LogP contribution < -0.4 is 0 Å². The molecule has 0 bridgehead atoms. The molecule has 0 aliphatic rings. The van der Waals surface area contributed by atoms with Crippen LogP contribution in [-0.2, 0) is 27.2 Å². The third kappa shape index (κ3) is 11.0. The second-order valence-corrected chi connectivity index (χ2v) is 10.6. The maximum Gasteiger partial charge on any atom is 0.454 e. The minimum absolute atomic E-state index is 0. The molecule has 143 valence electrons. The summed E-state index contributed by atoms with van der Waals surface area (Å²) in [5, 5.41) is 7.93. The number of hydrogen-bond acceptors (Lipinski definition) is 2. The van der Waals surface area contributed by atoms with E-state index >= 15 is 0 Å². The van der Waals surface area contributed by atoms with Crippen LogP contribution in [0.25, 0.3) is 0 Å². The van der Waals surface area contributed by atoms with E-state index in [0.717, 1.165) is 0 Å². The van der Waals surface area contributed by atoms with Gasteiger partial charge in [0.2, 0.25) is 5.76 Å². The Morgan fingerprint density at radius 1 is 0.870 bits per heavy atom. The molecule has 23 heavy (non-hydrogen) atoms. The summed E-state index contributed by atoms with van der Waals surface area (Å²) in [6, 6.07) is 5.93. The minimum atomic E-state index is -5.42. The summed E-state index contributed by atoms with van der Waals surface area (Å²) in [5.74, 6) is -5.34. The number of ketones is 1. The van der Waals surface area contributed by atoms with Crippen LogP contribution in [0.15, 0.2) is 11.8 Å². The molecule has 0 saturated carbocycles. The summed E-state index contributed by atoms with van der Waals surface area (Å²) in [5.41, 5.74) is 0. The second kappa shape index (κ2) is 11.3. The summed E-state index contributed by atoms with van der Waals surface area (Å²) < 4.78 is 68.1. The van der Waals surface area contributed by atoms with Crippen LogP contribution >= 0.6 is 0 Å². The standard InChI is InChI=1S/C8H20Si.C5H2F6O2.Ag/c1-5-9(6-2,7-3)8-4;6-4(7,8)2(12)1-3(13)5(9,10)11;/h5-8H2,1-4H3;1,12H;. The van der Waals surface area contributed by atoms with E-state index in [0.29, 0.717) is 0 Å². The van der Waals surface area contributed by atoms with Crippen LogP contribution in [0, 0.1) is 0 Å². The van der Waals surface area contributed by atoms with Gasteiger partial charge in [-0.05, 0) is 0 Å². The smallest absolute Gasteiger partial charge is 0.454 e. The van der Waals surface area contributed by atoms with Gasteiger partial charge in [0.05, 0.1) is 8.07 Å². The average Bonchev–Trinajstić information content (AvgIpc) is 2.40. The zero-order valence-corrected chi connectivity index (χ0v) is 15.8. The molecule has 0 saturated heterocycles. The first-order valence-corrected chi connectivity index (χ1v) is 9.71. The molecule has 0 rings (SSSR count). The van der Waals surface area contributed by atoms with E-state index in [9.17, 15) is 31.1 Å². The zero-order valence-electron chi connectivity index (χ0n) is 13.3. The molecule has 0 aliphatic heterocycles. The number of hydrogen-bond donors (Lipinski definition) is 1. The monoisotopic (exact) mass is 459 g/mol. The number of allylic oxidation sites excluding steroid dienone is 2. The predicted octanol–water partition coefficient (Wildman–Crippen LogP) is 5.63. The molecule has 0 aromatic rings. The molecule has 0 heterocycles. The fourth-order valence-corrected chi connectivity index (χ4v) is 4.79. The summed E-state index contributed by atoms with van der Waals surface area (Å²) in [4.78, 5) is 9.86. The van der Waals surface area contributed by atoms with Gasteiger partial charge >= 0.3 is 12.4 Å². The van der Waals surface area contributed by atoms with Gasteiger partial charge in [0, 0.05) is 28.5 Å². The molecule has 0 aliphatic carbocycles. The van der Waals surface area contributed by atoms with E-state index in [1.807, 2.05) is 0 Å². The summed E-state index contributed by atoms with van der Waals surface area (Å²) >= 11 is 0. The molecule has 0 spiro atoms. The van der Waals surface area contributed by atoms with Crippen LogP contribution in [0.3, 0.4) is 0 Å². The summed E-state index contributed by atoms with van der Waals surface area (Å²) in [7, 11) is -0.691. The summed E-state index contributed by atoms with van der Waals surface area (Å²) in [6.45, 7) is 9.46. The van der Waals surface area contributed by atoms with Crippen LogP contribution in [0.5, 0.6) is 0 Å². The van der Waals surface area contributed by atoms with Crippen LogP contribution in [0.4, 0.5) is 26.3 Å². The Bertz CT molecular complexity index is 358. The van der Waals surface area contributed by atoms with E-state index < -0.39 is 38.0 Å². The number of aliphatic hydroxyl groups is 1. The molecule has 0 aromatic carbocycles. The molecule has 0 aromatic heterocycles. The molecular weight excluding hydrogens is 438 g/mol. The van der Waals surface area contributed by atoms with Gasteiger partial charge in [0.25, 0.3) is 5.78 Å². The van der Waals surface area contributed by atoms with Crippen molar-refractivity contribution in [3.05, 3.63) is 11.8 Å². The Labute approximate surface area is 148 Å². The quantitative estimate of drug-likeness (QED) is 0.250. The van der Waals surface area contributed by atoms with Crippen molar-refractivity contribution in [1.82, 2.24) is 0 Å². The van der Waals surface area contributed by atoms with Crippen molar-refractivity contribution in [3.8, 4) is 0 Å². The SMILES string of the molecule is CC[Si](CC)(CC)CC.O=C(C=C(O)C(F)(F)F)C(F)(F)F.[Ag]. The van der Waals surface area contributed by atoms with Gasteiger partial charge in [-0.25, -0.2) is 0 Å². The van der Waals surface area contributed by atoms with E-state index in [1.54, 1.807) is 0 Å². The van der Waals surface area contributed by atoms with E-state index in [-0.39, 0.29) is 22.4 Å². The molecule has 2 nitrogen and oxygen atoms in total. The normalized spacial score (nSPS) is 12.9. The van der Waals surface area contributed by atoms with E-state index in [1.165, 1.54) is 24.2 Å². The Balaban J connectivity index is -0.000000354. The van der Waals surface area contributed by atoms with Crippen molar-refractivity contribution in [3.63, 3.8) is 0 Å². The van der Waals surface area contributed by atoms with Crippen molar-refractivity contribution in [2.75, 3.05) is 0 Å². The maximum absolute atomic E-state index is 11.4. The van der Waals surface area contributed by atoms with Crippen molar-refractivity contribution >= 4 is 13.9 Å². The number of alkyl halides is 6. The van der Waals surface area contributed by atoms with E-state index in [2.05, 4.69) is 27.7 Å². The van der Waals surface area contributed by atoms with Crippen LogP contribution in [0.2, 0.25) is 24.2 Å². The molecule has 0 atom stereocenters. The van der Waals surface area contributed by atoms with Gasteiger partial charge in [0.1, 0.15) is 0 Å². The molecule has 0 amide bonds. The largest absolute Gasteiger partial charge is 0.504 e. The van der Waals surface area contributed by atoms with Gasteiger partial charge in [-0.2, -0.15) is 26.3 Å². The minimum Gasteiger partial charge on any atom is -0.504 e. The average molecular weight is 460 g/mol. The number of carbonyl (C=O) groups excluding carboxylic acids is 1. The first-order chi connectivity index (χ1) is 9.79. The number of carbonyl (C=O) groups is 1. The molecule has 1 radical (unpaired) electrons. The van der Waals surface area contributed by atoms with Gasteiger partial charge in [-0.3, -0.25) is 4.79 Å². The van der Waals surface area contributed by atoms with Gasteiger partial charge in [-0.15, -0.1) is 0 Å². The molecular formula is C13H22AgF6O2Si. The fraction of sp³-hybridized carbons (Fsp3) is 0.769. The van der Waals surface area contributed by atoms with Crippen molar-refractivity contribution < 1.29 is 58.6 Å². The van der Waals surface area contributed by atoms with Gasteiger partial charge in [0.15, 0.2) is 0 Å².